The molecular formula is C13H22F3NO3. The summed E-state index contributed by atoms with van der Waals surface area (Å²) in [6.45, 7) is 5.71. The minimum Gasteiger partial charge on any atom is -0.466 e. The Hall–Kier alpha value is -0.820. The third-order valence-corrected chi connectivity index (χ3v) is 3.98. The maximum Gasteiger partial charge on any atom is 0.415 e. The van der Waals surface area contributed by atoms with Crippen LogP contribution in [0.2, 0.25) is 0 Å². The molecule has 0 bridgehead atoms. The standard InChI is InChI=1S/C13H22F3NO3/c1-4-20-11(19)12(9(2)3)5-6-17(8-12)7-10(18)13(14,15)16/h9-10,18H,4-8H2,1-3H3/t10-,12-/m1/s1. The molecule has 0 radical (unpaired) electrons. The molecule has 2 atom stereocenters. The first-order valence-corrected chi connectivity index (χ1v) is 6.78. The van der Waals surface area contributed by atoms with Crippen molar-refractivity contribution < 1.29 is 27.8 Å². The zero-order valence-electron chi connectivity index (χ0n) is 12.0. The summed E-state index contributed by atoms with van der Waals surface area (Å²) in [6, 6.07) is 0. The highest BCUT2D eigenvalue weighted by Crippen LogP contribution is 2.39. The van der Waals surface area contributed by atoms with Crippen LogP contribution >= 0.6 is 0 Å². The van der Waals surface area contributed by atoms with Gasteiger partial charge in [-0.3, -0.25) is 9.69 Å². The lowest BCUT2D eigenvalue weighted by Crippen LogP contribution is -2.44. The van der Waals surface area contributed by atoms with Gasteiger partial charge in [0.15, 0.2) is 6.10 Å². The van der Waals surface area contributed by atoms with Crippen LogP contribution in [0.4, 0.5) is 13.2 Å². The topological polar surface area (TPSA) is 49.8 Å². The Morgan fingerprint density at radius 1 is 1.45 bits per heavy atom. The Kier molecular flexibility index (Phi) is 5.43. The van der Waals surface area contributed by atoms with Crippen LogP contribution in [0.1, 0.15) is 27.2 Å². The van der Waals surface area contributed by atoms with E-state index in [4.69, 9.17) is 9.84 Å². The van der Waals surface area contributed by atoms with Crippen molar-refractivity contribution in [1.29, 1.82) is 0 Å². The van der Waals surface area contributed by atoms with Crippen LogP contribution < -0.4 is 0 Å². The zero-order chi connectivity index (χ0) is 15.6. The Labute approximate surface area is 116 Å². The molecule has 1 aliphatic rings. The van der Waals surface area contributed by atoms with E-state index < -0.39 is 24.2 Å². The van der Waals surface area contributed by atoms with Gasteiger partial charge in [0.2, 0.25) is 0 Å². The zero-order valence-corrected chi connectivity index (χ0v) is 12.0. The summed E-state index contributed by atoms with van der Waals surface area (Å²) in [4.78, 5) is 13.6. The molecule has 118 valence electrons. The van der Waals surface area contributed by atoms with Gasteiger partial charge in [0.1, 0.15) is 0 Å². The monoisotopic (exact) mass is 297 g/mol. The molecule has 0 aromatic rings. The lowest BCUT2D eigenvalue weighted by molar-refractivity contribution is -0.207. The first kappa shape index (κ1) is 17.2. The van der Waals surface area contributed by atoms with Gasteiger partial charge in [0.25, 0.3) is 0 Å². The normalized spacial score (nSPS) is 26.0. The van der Waals surface area contributed by atoms with Gasteiger partial charge in [0.05, 0.1) is 12.0 Å². The lowest BCUT2D eigenvalue weighted by Gasteiger charge is -2.31. The number of nitrogens with zero attached hydrogens (tertiary/aromatic N) is 1. The first-order valence-electron chi connectivity index (χ1n) is 6.78. The van der Waals surface area contributed by atoms with Crippen LogP contribution in [0.5, 0.6) is 0 Å². The van der Waals surface area contributed by atoms with Crippen molar-refractivity contribution in [2.24, 2.45) is 11.3 Å². The number of halogens is 3. The summed E-state index contributed by atoms with van der Waals surface area (Å²) in [6.07, 6.45) is -6.56. The maximum atomic E-state index is 12.4. The number of rotatable bonds is 5. The maximum absolute atomic E-state index is 12.4. The van der Waals surface area contributed by atoms with Gasteiger partial charge in [-0.15, -0.1) is 0 Å². The fourth-order valence-electron chi connectivity index (χ4n) is 2.57. The summed E-state index contributed by atoms with van der Waals surface area (Å²) in [7, 11) is 0. The van der Waals surface area contributed by atoms with Crippen LogP contribution in [0.3, 0.4) is 0 Å². The number of hydrogen-bond donors (Lipinski definition) is 1. The van der Waals surface area contributed by atoms with Crippen molar-refractivity contribution in [3.05, 3.63) is 0 Å². The largest absolute Gasteiger partial charge is 0.466 e. The van der Waals surface area contributed by atoms with Gasteiger partial charge in [-0.25, -0.2) is 0 Å². The van der Waals surface area contributed by atoms with Crippen LogP contribution in [-0.4, -0.2) is 54.5 Å². The Morgan fingerprint density at radius 2 is 2.05 bits per heavy atom. The van der Waals surface area contributed by atoms with Crippen molar-refractivity contribution in [3.63, 3.8) is 0 Å². The Morgan fingerprint density at radius 3 is 2.50 bits per heavy atom. The van der Waals surface area contributed by atoms with Crippen molar-refractivity contribution >= 4 is 5.97 Å². The number of carbonyl (C=O) groups is 1. The number of alkyl halides is 3. The van der Waals surface area contributed by atoms with E-state index in [2.05, 4.69) is 0 Å². The third-order valence-electron chi connectivity index (χ3n) is 3.98. The second-order valence-electron chi connectivity index (χ2n) is 5.57. The molecule has 20 heavy (non-hydrogen) atoms. The average Bonchev–Trinajstić information content (AvgIpc) is 2.73. The molecule has 1 heterocycles. The van der Waals surface area contributed by atoms with E-state index in [1.54, 1.807) is 6.92 Å². The van der Waals surface area contributed by atoms with Crippen molar-refractivity contribution in [3.8, 4) is 0 Å². The first-order chi connectivity index (χ1) is 9.13. The molecule has 0 unspecified atom stereocenters. The van der Waals surface area contributed by atoms with E-state index in [0.717, 1.165) is 0 Å². The smallest absolute Gasteiger partial charge is 0.415 e. The SMILES string of the molecule is CCOC(=O)[C@]1(C(C)C)CCN(C[C@@H](O)C(F)(F)F)C1. The molecular weight excluding hydrogens is 275 g/mol. The van der Waals surface area contributed by atoms with E-state index in [-0.39, 0.29) is 25.0 Å². The fourth-order valence-corrected chi connectivity index (χ4v) is 2.57. The average molecular weight is 297 g/mol. The highest BCUT2D eigenvalue weighted by molar-refractivity contribution is 5.78. The summed E-state index contributed by atoms with van der Waals surface area (Å²) in [5.74, 6) is -0.395. The summed E-state index contributed by atoms with van der Waals surface area (Å²) >= 11 is 0. The number of ether oxygens (including phenoxy) is 1. The molecule has 1 N–H and O–H groups in total. The molecule has 4 nitrogen and oxygen atoms in total. The molecule has 0 aliphatic carbocycles. The molecule has 1 rings (SSSR count). The van der Waals surface area contributed by atoms with Gasteiger partial charge in [-0.2, -0.15) is 13.2 Å². The molecule has 7 heteroatoms. The second kappa shape index (κ2) is 6.30. The van der Waals surface area contributed by atoms with Crippen molar-refractivity contribution in [1.82, 2.24) is 4.90 Å². The predicted molar refractivity (Wildman–Crippen MR) is 67.0 cm³/mol. The number of aliphatic hydroxyl groups excluding tert-OH is 1. The van der Waals surface area contributed by atoms with Crippen LogP contribution in [0.25, 0.3) is 0 Å². The molecule has 0 amide bonds. The quantitative estimate of drug-likeness (QED) is 0.787. The minimum atomic E-state index is -4.63. The van der Waals surface area contributed by atoms with E-state index in [1.165, 1.54) is 4.90 Å². The van der Waals surface area contributed by atoms with E-state index in [1.807, 2.05) is 13.8 Å². The predicted octanol–water partition coefficient (Wildman–Crippen LogP) is 1.82. The number of carbonyl (C=O) groups excluding carboxylic acids is 1. The van der Waals surface area contributed by atoms with Crippen LogP contribution in [-0.2, 0) is 9.53 Å². The van der Waals surface area contributed by atoms with Crippen LogP contribution in [0.15, 0.2) is 0 Å². The van der Waals surface area contributed by atoms with E-state index >= 15 is 0 Å². The summed E-state index contributed by atoms with van der Waals surface area (Å²) in [5.41, 5.74) is -0.776. The van der Waals surface area contributed by atoms with Gasteiger partial charge in [-0.05, 0) is 25.8 Å². The second-order valence-corrected chi connectivity index (χ2v) is 5.57. The van der Waals surface area contributed by atoms with Crippen molar-refractivity contribution in [2.75, 3.05) is 26.2 Å². The van der Waals surface area contributed by atoms with Crippen molar-refractivity contribution in [2.45, 2.75) is 39.5 Å². The third kappa shape index (κ3) is 3.63. The fraction of sp³-hybridized carbons (Fsp3) is 0.923. The number of β-amino-alcohol motifs (C(OH)–C–C–N with tert-alkyl or cyclic N) is 1. The summed E-state index contributed by atoms with van der Waals surface area (Å²) < 4.78 is 42.2. The Balaban J connectivity index is 2.73. The van der Waals surface area contributed by atoms with Gasteiger partial charge in [-0.1, -0.05) is 13.8 Å². The number of esters is 1. The molecule has 0 spiro atoms. The number of hydrogen-bond acceptors (Lipinski definition) is 4. The molecule has 1 saturated heterocycles. The van der Waals surface area contributed by atoms with E-state index in [9.17, 15) is 18.0 Å². The van der Waals surface area contributed by atoms with Gasteiger partial charge in [0, 0.05) is 13.1 Å². The molecule has 0 saturated carbocycles. The lowest BCUT2D eigenvalue weighted by atomic mass is 9.76. The van der Waals surface area contributed by atoms with Gasteiger partial charge < -0.3 is 9.84 Å². The summed E-state index contributed by atoms with van der Waals surface area (Å²) in [5, 5.41) is 9.11. The van der Waals surface area contributed by atoms with Crippen LogP contribution in [0, 0.1) is 11.3 Å². The minimum absolute atomic E-state index is 0.0328. The number of likely N-dealkylation sites (tertiary alicyclic amines) is 1. The highest BCUT2D eigenvalue weighted by atomic mass is 19.4. The number of aliphatic hydroxyl groups is 1. The molecule has 0 aromatic heterocycles. The van der Waals surface area contributed by atoms with E-state index in [0.29, 0.717) is 13.0 Å². The molecule has 1 fully saturated rings. The van der Waals surface area contributed by atoms with Gasteiger partial charge >= 0.3 is 12.1 Å². The molecule has 1 aliphatic heterocycles. The molecule has 0 aromatic carbocycles. The highest BCUT2D eigenvalue weighted by Gasteiger charge is 2.49. The Bertz CT molecular complexity index is 346.